The second kappa shape index (κ2) is 7.22. The smallest absolute Gasteiger partial charge is 0.126 e. The van der Waals surface area contributed by atoms with Gasteiger partial charge in [0.15, 0.2) is 0 Å². The molecular formula is C26H24Br2OSi. The molecule has 2 aliphatic rings. The maximum atomic E-state index is 5.69. The molecule has 2 aliphatic carbocycles. The third-order valence-corrected chi connectivity index (χ3v) is 12.2. The summed E-state index contributed by atoms with van der Waals surface area (Å²) in [6.07, 6.45) is 2.35. The molecule has 0 heterocycles. The predicted octanol–water partition coefficient (Wildman–Crippen LogP) is 8.32. The minimum absolute atomic E-state index is 0.433. The maximum absolute atomic E-state index is 5.69. The topological polar surface area (TPSA) is 9.23 Å². The minimum atomic E-state index is -1.90. The first-order valence-corrected chi connectivity index (χ1v) is 15.0. The number of fused-ring (bicyclic) bond motifs is 4. The van der Waals surface area contributed by atoms with Crippen molar-refractivity contribution in [1.82, 2.24) is 0 Å². The van der Waals surface area contributed by atoms with E-state index in [0.29, 0.717) is 11.1 Å². The van der Waals surface area contributed by atoms with E-state index in [1.165, 1.54) is 39.0 Å². The van der Waals surface area contributed by atoms with Gasteiger partial charge in [0, 0.05) is 25.6 Å². The lowest BCUT2D eigenvalue weighted by Crippen LogP contribution is -2.42. The highest BCUT2D eigenvalue weighted by molar-refractivity contribution is 9.10. The van der Waals surface area contributed by atoms with Crippen molar-refractivity contribution in [3.63, 3.8) is 0 Å². The van der Waals surface area contributed by atoms with E-state index in [0.717, 1.165) is 14.7 Å². The van der Waals surface area contributed by atoms with E-state index in [1.54, 1.807) is 7.11 Å². The summed E-state index contributed by atoms with van der Waals surface area (Å²) in [6, 6.07) is 20.1. The Kier molecular flexibility index (Phi) is 4.88. The highest BCUT2D eigenvalue weighted by atomic mass is 79.9. The van der Waals surface area contributed by atoms with Crippen molar-refractivity contribution in [3.05, 3.63) is 91.4 Å². The van der Waals surface area contributed by atoms with Gasteiger partial charge in [-0.25, -0.2) is 0 Å². The van der Waals surface area contributed by atoms with Crippen LogP contribution < -0.4 is 4.74 Å². The second-order valence-corrected chi connectivity index (χ2v) is 15.6. The van der Waals surface area contributed by atoms with Crippen LogP contribution in [0.25, 0.3) is 17.2 Å². The highest BCUT2D eigenvalue weighted by Gasteiger charge is 2.48. The van der Waals surface area contributed by atoms with Gasteiger partial charge in [0.1, 0.15) is 5.75 Å². The Morgan fingerprint density at radius 3 is 1.97 bits per heavy atom. The molecule has 4 heteroatoms. The summed E-state index contributed by atoms with van der Waals surface area (Å²) in [4.78, 5) is 0. The Hall–Kier alpha value is -1.62. The Morgan fingerprint density at radius 2 is 1.40 bits per heavy atom. The van der Waals surface area contributed by atoms with Crippen LogP contribution in [0.3, 0.4) is 0 Å². The number of methoxy groups -OCH3 is 1. The standard InChI is InChI=1S/C26H24Br2OSi/c1-15-12-21-20(6-5-7-24(21)29-2)25(15)30(3,4)26-22-13-16(27)8-10-18(22)19-11-9-17(28)14-23(19)26/h5-14,25-26H,1-4H3. The fourth-order valence-corrected chi connectivity index (χ4v) is 11.3. The van der Waals surface area contributed by atoms with Gasteiger partial charge in [-0.2, -0.15) is 0 Å². The van der Waals surface area contributed by atoms with Crippen LogP contribution in [-0.2, 0) is 0 Å². The number of halogens is 2. The summed E-state index contributed by atoms with van der Waals surface area (Å²) in [5.41, 5.74) is 10.8. The molecule has 5 rings (SSSR count). The van der Waals surface area contributed by atoms with Crippen molar-refractivity contribution in [2.24, 2.45) is 0 Å². The van der Waals surface area contributed by atoms with Gasteiger partial charge in [-0.15, -0.1) is 0 Å². The molecular weight excluding hydrogens is 516 g/mol. The van der Waals surface area contributed by atoms with Crippen LogP contribution in [0.2, 0.25) is 13.1 Å². The average molecular weight is 540 g/mol. The third kappa shape index (κ3) is 2.91. The largest absolute Gasteiger partial charge is 0.496 e. The molecule has 0 radical (unpaired) electrons. The average Bonchev–Trinajstić information content (AvgIpc) is 3.21. The monoisotopic (exact) mass is 538 g/mol. The van der Waals surface area contributed by atoms with E-state index in [-0.39, 0.29) is 0 Å². The van der Waals surface area contributed by atoms with E-state index in [1.807, 2.05) is 0 Å². The zero-order valence-electron chi connectivity index (χ0n) is 17.6. The van der Waals surface area contributed by atoms with E-state index in [4.69, 9.17) is 4.74 Å². The molecule has 0 spiro atoms. The van der Waals surface area contributed by atoms with E-state index in [9.17, 15) is 0 Å². The number of hydrogen-bond acceptors (Lipinski definition) is 1. The highest BCUT2D eigenvalue weighted by Crippen LogP contribution is 2.56. The molecule has 30 heavy (non-hydrogen) atoms. The summed E-state index contributed by atoms with van der Waals surface area (Å²) in [7, 11) is -0.130. The van der Waals surface area contributed by atoms with Gasteiger partial charge in [-0.05, 0) is 65.1 Å². The molecule has 0 aromatic heterocycles. The van der Waals surface area contributed by atoms with Gasteiger partial charge in [-0.1, -0.05) is 80.9 Å². The Morgan fingerprint density at radius 1 is 0.800 bits per heavy atom. The van der Waals surface area contributed by atoms with Crippen LogP contribution in [-0.4, -0.2) is 15.2 Å². The number of benzene rings is 3. The summed E-state index contributed by atoms with van der Waals surface area (Å²) in [6.45, 7) is 7.43. The van der Waals surface area contributed by atoms with Crippen LogP contribution in [0, 0.1) is 0 Å². The van der Waals surface area contributed by atoms with E-state index < -0.39 is 8.07 Å². The van der Waals surface area contributed by atoms with Crippen LogP contribution in [0.15, 0.2) is 69.1 Å². The summed E-state index contributed by atoms with van der Waals surface area (Å²) >= 11 is 7.47. The lowest BCUT2D eigenvalue weighted by molar-refractivity contribution is 0.413. The van der Waals surface area contributed by atoms with E-state index in [2.05, 4.69) is 113 Å². The first-order chi connectivity index (χ1) is 14.3. The predicted molar refractivity (Wildman–Crippen MR) is 136 cm³/mol. The maximum Gasteiger partial charge on any atom is 0.126 e. The zero-order chi connectivity index (χ0) is 21.2. The normalized spacial score (nSPS) is 17.4. The molecule has 0 fully saturated rings. The zero-order valence-corrected chi connectivity index (χ0v) is 21.8. The summed E-state index contributed by atoms with van der Waals surface area (Å²) in [5, 5.41) is 0. The molecule has 0 saturated carbocycles. The van der Waals surface area contributed by atoms with Gasteiger partial charge < -0.3 is 4.74 Å². The Labute approximate surface area is 196 Å². The Balaban J connectivity index is 1.73. The second-order valence-electron chi connectivity index (χ2n) is 9.00. The van der Waals surface area contributed by atoms with Crippen LogP contribution in [0.5, 0.6) is 5.75 Å². The molecule has 0 bridgehead atoms. The number of allylic oxidation sites excluding steroid dienone is 1. The van der Waals surface area contributed by atoms with Gasteiger partial charge in [0.2, 0.25) is 0 Å². The van der Waals surface area contributed by atoms with Crippen LogP contribution in [0.4, 0.5) is 0 Å². The molecule has 3 aromatic rings. The number of ether oxygens (including phenoxy) is 1. The summed E-state index contributed by atoms with van der Waals surface area (Å²) in [5.74, 6) is 0.983. The van der Waals surface area contributed by atoms with Crippen molar-refractivity contribution in [1.29, 1.82) is 0 Å². The molecule has 0 amide bonds. The Bertz CT molecular complexity index is 1160. The minimum Gasteiger partial charge on any atom is -0.496 e. The van der Waals surface area contributed by atoms with Crippen molar-refractivity contribution < 1.29 is 4.74 Å². The first-order valence-electron chi connectivity index (χ1n) is 10.3. The van der Waals surface area contributed by atoms with Gasteiger partial charge >= 0.3 is 0 Å². The van der Waals surface area contributed by atoms with Gasteiger partial charge in [0.25, 0.3) is 0 Å². The molecule has 3 aromatic carbocycles. The molecule has 0 saturated heterocycles. The molecule has 152 valence electrons. The SMILES string of the molecule is COc1cccc2c1C=C(C)C2[Si](C)(C)C1c2cc(Br)ccc2-c2ccc(Br)cc21. The lowest BCUT2D eigenvalue weighted by atomic mass is 10.1. The van der Waals surface area contributed by atoms with Crippen molar-refractivity contribution in [2.45, 2.75) is 31.1 Å². The van der Waals surface area contributed by atoms with Crippen LogP contribution in [0.1, 0.15) is 40.3 Å². The number of hydrogen-bond donors (Lipinski definition) is 0. The summed E-state index contributed by atoms with van der Waals surface area (Å²) < 4.78 is 8.01. The fraction of sp³-hybridized carbons (Fsp3) is 0.231. The molecule has 1 atom stereocenters. The lowest BCUT2D eigenvalue weighted by Gasteiger charge is -2.38. The quantitative estimate of drug-likeness (QED) is 0.304. The number of rotatable bonds is 3. The van der Waals surface area contributed by atoms with Crippen molar-refractivity contribution in [2.75, 3.05) is 7.11 Å². The van der Waals surface area contributed by atoms with Crippen molar-refractivity contribution >= 4 is 46.0 Å². The van der Waals surface area contributed by atoms with Crippen molar-refractivity contribution in [3.8, 4) is 16.9 Å². The molecule has 0 N–H and O–H groups in total. The van der Waals surface area contributed by atoms with Gasteiger partial charge in [-0.3, -0.25) is 0 Å². The molecule has 1 nitrogen and oxygen atoms in total. The fourth-order valence-electron chi connectivity index (χ4n) is 5.86. The third-order valence-electron chi connectivity index (χ3n) is 6.89. The van der Waals surface area contributed by atoms with Crippen LogP contribution >= 0.6 is 31.9 Å². The first kappa shape index (κ1) is 20.3. The molecule has 0 aliphatic heterocycles. The van der Waals surface area contributed by atoms with Gasteiger partial charge in [0.05, 0.1) is 15.2 Å². The molecule has 1 unspecified atom stereocenters. The van der Waals surface area contributed by atoms with E-state index >= 15 is 0 Å².